The number of benzene rings is 1. The van der Waals surface area contributed by atoms with E-state index >= 15 is 0 Å². The molecule has 0 aliphatic heterocycles. The van der Waals surface area contributed by atoms with Crippen molar-refractivity contribution in [3.05, 3.63) is 34.5 Å². The Morgan fingerprint density at radius 3 is 2.63 bits per heavy atom. The van der Waals surface area contributed by atoms with E-state index in [2.05, 4.69) is 24.6 Å². The standard InChI is InChI=1S/C16H21ClN2/c1-11-14(16(10-18)8-3-4-9-16)12-6-5-7-13(17)15(12)19(11)2/h5-7H,3-4,8-10,18H2,1-2H3. The van der Waals surface area contributed by atoms with Crippen molar-refractivity contribution < 1.29 is 0 Å². The summed E-state index contributed by atoms with van der Waals surface area (Å²) in [7, 11) is 2.10. The maximum Gasteiger partial charge on any atom is 0.0672 e. The van der Waals surface area contributed by atoms with Crippen LogP contribution in [0.5, 0.6) is 0 Å². The molecule has 1 aromatic heterocycles. The van der Waals surface area contributed by atoms with Gasteiger partial charge in [-0.3, -0.25) is 0 Å². The van der Waals surface area contributed by atoms with Crippen molar-refractivity contribution in [3.8, 4) is 0 Å². The molecule has 1 aromatic carbocycles. The van der Waals surface area contributed by atoms with Crippen LogP contribution in [0.2, 0.25) is 5.02 Å². The molecule has 1 saturated carbocycles. The number of aryl methyl sites for hydroxylation is 1. The van der Waals surface area contributed by atoms with Gasteiger partial charge >= 0.3 is 0 Å². The summed E-state index contributed by atoms with van der Waals surface area (Å²) in [6.07, 6.45) is 4.98. The normalized spacial score (nSPS) is 18.3. The van der Waals surface area contributed by atoms with Crippen LogP contribution in [0, 0.1) is 6.92 Å². The van der Waals surface area contributed by atoms with Crippen LogP contribution >= 0.6 is 11.6 Å². The van der Waals surface area contributed by atoms with E-state index < -0.39 is 0 Å². The van der Waals surface area contributed by atoms with E-state index in [1.807, 2.05) is 12.1 Å². The first-order valence-corrected chi connectivity index (χ1v) is 7.42. The summed E-state index contributed by atoms with van der Waals surface area (Å²) in [6, 6.07) is 6.21. The van der Waals surface area contributed by atoms with Gasteiger partial charge in [-0.15, -0.1) is 0 Å². The van der Waals surface area contributed by atoms with Gasteiger partial charge in [0.2, 0.25) is 0 Å². The van der Waals surface area contributed by atoms with E-state index in [1.165, 1.54) is 42.3 Å². The fourth-order valence-corrected chi connectivity index (χ4v) is 4.17. The Balaban J connectivity index is 2.35. The number of halogens is 1. The lowest BCUT2D eigenvalue weighted by Crippen LogP contribution is -2.32. The van der Waals surface area contributed by atoms with Crippen LogP contribution in [-0.4, -0.2) is 11.1 Å². The molecule has 0 unspecified atom stereocenters. The Kier molecular flexibility index (Phi) is 3.11. The summed E-state index contributed by atoms with van der Waals surface area (Å²) in [5.74, 6) is 0. The van der Waals surface area contributed by atoms with Crippen LogP contribution in [0.4, 0.5) is 0 Å². The monoisotopic (exact) mass is 276 g/mol. The molecular weight excluding hydrogens is 256 g/mol. The summed E-state index contributed by atoms with van der Waals surface area (Å²) >= 11 is 6.39. The van der Waals surface area contributed by atoms with Crippen molar-refractivity contribution in [3.63, 3.8) is 0 Å². The summed E-state index contributed by atoms with van der Waals surface area (Å²) < 4.78 is 2.22. The van der Waals surface area contributed by atoms with Gasteiger partial charge in [0.1, 0.15) is 0 Å². The number of nitrogens with zero attached hydrogens (tertiary/aromatic N) is 1. The maximum absolute atomic E-state index is 6.39. The van der Waals surface area contributed by atoms with Crippen molar-refractivity contribution in [2.24, 2.45) is 12.8 Å². The molecule has 1 aliphatic rings. The van der Waals surface area contributed by atoms with E-state index in [4.69, 9.17) is 17.3 Å². The van der Waals surface area contributed by atoms with Gasteiger partial charge in [0.25, 0.3) is 0 Å². The molecule has 1 aliphatic carbocycles. The third-order valence-electron chi connectivity index (χ3n) is 4.94. The lowest BCUT2D eigenvalue weighted by Gasteiger charge is -2.28. The molecular formula is C16H21ClN2. The number of hydrogen-bond acceptors (Lipinski definition) is 1. The van der Waals surface area contributed by atoms with Crippen molar-refractivity contribution in [1.29, 1.82) is 0 Å². The zero-order valence-corrected chi connectivity index (χ0v) is 12.4. The van der Waals surface area contributed by atoms with Gasteiger partial charge in [-0.05, 0) is 31.4 Å². The first kappa shape index (κ1) is 13.0. The molecule has 0 amide bonds. The molecule has 0 saturated heterocycles. The lowest BCUT2D eigenvalue weighted by atomic mass is 9.77. The average Bonchev–Trinajstić information content (AvgIpc) is 2.96. The minimum absolute atomic E-state index is 0.161. The third-order valence-corrected chi connectivity index (χ3v) is 5.24. The molecule has 19 heavy (non-hydrogen) atoms. The molecule has 3 heteroatoms. The predicted molar refractivity (Wildman–Crippen MR) is 81.9 cm³/mol. The Labute approximate surface area is 119 Å². The van der Waals surface area contributed by atoms with Gasteiger partial charge in [-0.2, -0.15) is 0 Å². The van der Waals surface area contributed by atoms with Crippen molar-refractivity contribution >= 4 is 22.5 Å². The van der Waals surface area contributed by atoms with E-state index in [-0.39, 0.29) is 5.41 Å². The van der Waals surface area contributed by atoms with E-state index in [0.29, 0.717) is 0 Å². The molecule has 2 nitrogen and oxygen atoms in total. The fourth-order valence-electron chi connectivity index (χ4n) is 3.87. The highest BCUT2D eigenvalue weighted by Gasteiger charge is 2.38. The Morgan fingerprint density at radius 2 is 2.00 bits per heavy atom. The minimum atomic E-state index is 0.161. The summed E-state index contributed by atoms with van der Waals surface area (Å²) in [5, 5.41) is 2.12. The molecule has 1 fully saturated rings. The van der Waals surface area contributed by atoms with Crippen LogP contribution in [-0.2, 0) is 12.5 Å². The van der Waals surface area contributed by atoms with Crippen LogP contribution in [0.3, 0.4) is 0 Å². The van der Waals surface area contributed by atoms with Crippen LogP contribution < -0.4 is 5.73 Å². The highest BCUT2D eigenvalue weighted by Crippen LogP contribution is 2.46. The minimum Gasteiger partial charge on any atom is -0.346 e. The van der Waals surface area contributed by atoms with Gasteiger partial charge in [0.15, 0.2) is 0 Å². The number of para-hydroxylation sites is 1. The van der Waals surface area contributed by atoms with Gasteiger partial charge in [-0.25, -0.2) is 0 Å². The van der Waals surface area contributed by atoms with Crippen LogP contribution in [0.1, 0.15) is 36.9 Å². The first-order chi connectivity index (χ1) is 9.10. The highest BCUT2D eigenvalue weighted by molar-refractivity contribution is 6.35. The van der Waals surface area contributed by atoms with Gasteiger partial charge in [0.05, 0.1) is 10.5 Å². The third kappa shape index (κ3) is 1.73. The van der Waals surface area contributed by atoms with E-state index in [0.717, 1.165) is 17.1 Å². The summed E-state index contributed by atoms with van der Waals surface area (Å²) in [5.41, 5.74) is 10.2. The zero-order chi connectivity index (χ0) is 13.6. The second-order valence-electron chi connectivity index (χ2n) is 5.85. The second-order valence-corrected chi connectivity index (χ2v) is 6.25. The van der Waals surface area contributed by atoms with Crippen molar-refractivity contribution in [2.45, 2.75) is 38.0 Å². The van der Waals surface area contributed by atoms with Crippen LogP contribution in [0.15, 0.2) is 18.2 Å². The van der Waals surface area contributed by atoms with Crippen molar-refractivity contribution in [1.82, 2.24) is 4.57 Å². The highest BCUT2D eigenvalue weighted by atomic mass is 35.5. The first-order valence-electron chi connectivity index (χ1n) is 7.05. The SMILES string of the molecule is Cc1c(C2(CN)CCCC2)c2cccc(Cl)c2n1C. The van der Waals surface area contributed by atoms with Gasteiger partial charge in [0, 0.05) is 30.1 Å². The molecule has 0 bridgehead atoms. The maximum atomic E-state index is 6.39. The Bertz CT molecular complexity index is 621. The lowest BCUT2D eigenvalue weighted by molar-refractivity contribution is 0.453. The Morgan fingerprint density at radius 1 is 1.32 bits per heavy atom. The molecule has 3 rings (SSSR count). The average molecular weight is 277 g/mol. The number of aromatic nitrogens is 1. The smallest absolute Gasteiger partial charge is 0.0672 e. The number of hydrogen-bond donors (Lipinski definition) is 1. The molecule has 2 N–H and O–H groups in total. The van der Waals surface area contributed by atoms with Crippen LogP contribution in [0.25, 0.3) is 10.9 Å². The van der Waals surface area contributed by atoms with Crippen molar-refractivity contribution in [2.75, 3.05) is 6.54 Å². The van der Waals surface area contributed by atoms with Gasteiger partial charge < -0.3 is 10.3 Å². The van der Waals surface area contributed by atoms with Gasteiger partial charge in [-0.1, -0.05) is 36.6 Å². The van der Waals surface area contributed by atoms with E-state index in [9.17, 15) is 0 Å². The molecule has 2 aromatic rings. The second kappa shape index (κ2) is 4.53. The molecule has 102 valence electrons. The fraction of sp³-hybridized carbons (Fsp3) is 0.500. The largest absolute Gasteiger partial charge is 0.346 e. The zero-order valence-electron chi connectivity index (χ0n) is 11.7. The summed E-state index contributed by atoms with van der Waals surface area (Å²) in [6.45, 7) is 2.93. The number of nitrogens with two attached hydrogens (primary N) is 1. The quantitative estimate of drug-likeness (QED) is 0.886. The predicted octanol–water partition coefficient (Wildman–Crippen LogP) is 3.91. The molecule has 0 spiro atoms. The Hall–Kier alpha value is -0.990. The molecule has 1 heterocycles. The summed E-state index contributed by atoms with van der Waals surface area (Å²) in [4.78, 5) is 0. The van der Waals surface area contributed by atoms with E-state index in [1.54, 1.807) is 0 Å². The topological polar surface area (TPSA) is 30.9 Å². The number of fused-ring (bicyclic) bond motifs is 1. The number of rotatable bonds is 2. The molecule has 0 radical (unpaired) electrons. The molecule has 0 atom stereocenters.